The minimum atomic E-state index is -0.112. The van der Waals surface area contributed by atoms with Crippen molar-refractivity contribution in [3.63, 3.8) is 0 Å². The Morgan fingerprint density at radius 2 is 2.06 bits per heavy atom. The molecule has 0 radical (unpaired) electrons. The third-order valence-corrected chi connectivity index (χ3v) is 2.99. The quantitative estimate of drug-likeness (QED) is 0.879. The van der Waals surface area contributed by atoms with Gasteiger partial charge in [-0.2, -0.15) is 0 Å². The summed E-state index contributed by atoms with van der Waals surface area (Å²) in [6, 6.07) is 1.89. The fourth-order valence-corrected chi connectivity index (χ4v) is 1.99. The SMILES string of the molecule is Cl.Cl.O=C(NC1CCNCC1)c1ccncc1Cl. The first kappa shape index (κ1) is 17.4. The van der Waals surface area contributed by atoms with Crippen LogP contribution in [0.5, 0.6) is 0 Å². The van der Waals surface area contributed by atoms with Crippen molar-refractivity contribution in [1.82, 2.24) is 15.6 Å². The molecule has 18 heavy (non-hydrogen) atoms. The van der Waals surface area contributed by atoms with Crippen molar-refractivity contribution in [3.8, 4) is 0 Å². The van der Waals surface area contributed by atoms with E-state index in [9.17, 15) is 4.79 Å². The van der Waals surface area contributed by atoms with Gasteiger partial charge in [-0.1, -0.05) is 11.6 Å². The van der Waals surface area contributed by atoms with Crippen LogP contribution in [-0.2, 0) is 0 Å². The van der Waals surface area contributed by atoms with Crippen molar-refractivity contribution in [3.05, 3.63) is 29.0 Å². The summed E-state index contributed by atoms with van der Waals surface area (Å²) in [6.45, 7) is 1.91. The molecule has 1 aromatic rings. The number of hydrogen-bond acceptors (Lipinski definition) is 3. The Morgan fingerprint density at radius 3 is 2.67 bits per heavy atom. The lowest BCUT2D eigenvalue weighted by molar-refractivity contribution is 0.0929. The number of nitrogens with one attached hydrogen (secondary N) is 2. The second-order valence-electron chi connectivity index (χ2n) is 3.85. The topological polar surface area (TPSA) is 54.0 Å². The fourth-order valence-electron chi connectivity index (χ4n) is 1.79. The number of rotatable bonds is 2. The van der Waals surface area contributed by atoms with Crippen molar-refractivity contribution in [2.24, 2.45) is 0 Å². The van der Waals surface area contributed by atoms with Crippen LogP contribution >= 0.6 is 36.4 Å². The van der Waals surface area contributed by atoms with E-state index < -0.39 is 0 Å². The summed E-state index contributed by atoms with van der Waals surface area (Å²) in [5.74, 6) is -0.112. The second kappa shape index (κ2) is 8.53. The lowest BCUT2D eigenvalue weighted by atomic mass is 10.1. The van der Waals surface area contributed by atoms with Crippen LogP contribution in [0.1, 0.15) is 23.2 Å². The van der Waals surface area contributed by atoms with Crippen molar-refractivity contribution in [2.45, 2.75) is 18.9 Å². The van der Waals surface area contributed by atoms with E-state index >= 15 is 0 Å². The Bertz CT molecular complexity index is 384. The van der Waals surface area contributed by atoms with E-state index in [4.69, 9.17) is 11.6 Å². The molecule has 0 aliphatic carbocycles. The smallest absolute Gasteiger partial charge is 0.253 e. The summed E-state index contributed by atoms with van der Waals surface area (Å²) in [5.41, 5.74) is 0.496. The fraction of sp³-hybridized carbons (Fsp3) is 0.455. The molecular formula is C11H16Cl3N3O. The van der Waals surface area contributed by atoms with Crippen molar-refractivity contribution in [2.75, 3.05) is 13.1 Å². The van der Waals surface area contributed by atoms with Gasteiger partial charge in [0, 0.05) is 18.4 Å². The molecule has 0 unspecified atom stereocenters. The Kier molecular flexibility index (Phi) is 8.27. The average molecular weight is 313 g/mol. The average Bonchev–Trinajstić information content (AvgIpc) is 2.31. The van der Waals surface area contributed by atoms with Crippen LogP contribution < -0.4 is 10.6 Å². The molecule has 1 aromatic heterocycles. The normalized spacial score (nSPS) is 15.2. The molecule has 0 aromatic carbocycles. The van der Waals surface area contributed by atoms with Crippen LogP contribution in [0.4, 0.5) is 0 Å². The Balaban J connectivity index is 0.00000144. The van der Waals surface area contributed by atoms with Gasteiger partial charge in [0.05, 0.1) is 10.6 Å². The van der Waals surface area contributed by atoms with Crippen LogP contribution in [0.15, 0.2) is 18.5 Å². The monoisotopic (exact) mass is 311 g/mol. The summed E-state index contributed by atoms with van der Waals surface area (Å²) in [7, 11) is 0. The van der Waals surface area contributed by atoms with Gasteiger partial charge >= 0.3 is 0 Å². The molecule has 0 bridgehead atoms. The van der Waals surface area contributed by atoms with Crippen molar-refractivity contribution >= 4 is 42.3 Å². The van der Waals surface area contributed by atoms with Gasteiger partial charge in [-0.05, 0) is 32.0 Å². The molecule has 1 amide bonds. The Hall–Kier alpha value is -0.550. The predicted octanol–water partition coefficient (Wildman–Crippen LogP) is 2.06. The molecule has 102 valence electrons. The lowest BCUT2D eigenvalue weighted by Crippen LogP contribution is -2.42. The number of pyridine rings is 1. The molecule has 2 N–H and O–H groups in total. The number of hydrogen-bond donors (Lipinski definition) is 2. The van der Waals surface area contributed by atoms with E-state index in [0.717, 1.165) is 25.9 Å². The van der Waals surface area contributed by atoms with Crippen LogP contribution in [0.2, 0.25) is 5.02 Å². The molecule has 0 spiro atoms. The maximum Gasteiger partial charge on any atom is 0.253 e. The van der Waals surface area contributed by atoms with Gasteiger partial charge in [0.15, 0.2) is 0 Å². The van der Waals surface area contributed by atoms with Crippen LogP contribution in [0.25, 0.3) is 0 Å². The van der Waals surface area contributed by atoms with Gasteiger partial charge in [-0.3, -0.25) is 9.78 Å². The molecule has 0 atom stereocenters. The largest absolute Gasteiger partial charge is 0.349 e. The van der Waals surface area contributed by atoms with E-state index in [0.29, 0.717) is 10.6 Å². The first-order valence-electron chi connectivity index (χ1n) is 5.38. The Morgan fingerprint density at radius 1 is 1.39 bits per heavy atom. The van der Waals surface area contributed by atoms with Crippen molar-refractivity contribution in [1.29, 1.82) is 0 Å². The van der Waals surface area contributed by atoms with Gasteiger partial charge < -0.3 is 10.6 Å². The molecule has 1 saturated heterocycles. The van der Waals surface area contributed by atoms with Gasteiger partial charge in [0.2, 0.25) is 0 Å². The third kappa shape index (κ3) is 4.61. The van der Waals surface area contributed by atoms with Crippen molar-refractivity contribution < 1.29 is 4.79 Å². The van der Waals surface area contributed by atoms with E-state index in [1.807, 2.05) is 0 Å². The Labute approximate surface area is 124 Å². The molecule has 1 aliphatic heterocycles. The highest BCUT2D eigenvalue weighted by atomic mass is 35.5. The maximum atomic E-state index is 11.9. The molecule has 1 fully saturated rings. The third-order valence-electron chi connectivity index (χ3n) is 2.69. The minimum Gasteiger partial charge on any atom is -0.349 e. The number of carbonyl (C=O) groups is 1. The number of piperidine rings is 1. The van der Waals surface area contributed by atoms with Crippen LogP contribution in [0, 0.1) is 0 Å². The summed E-state index contributed by atoms with van der Waals surface area (Å²) in [6.07, 6.45) is 4.99. The van der Waals surface area contributed by atoms with E-state index in [1.165, 1.54) is 6.20 Å². The first-order valence-corrected chi connectivity index (χ1v) is 5.76. The minimum absolute atomic E-state index is 0. The first-order chi connectivity index (χ1) is 7.77. The molecule has 1 aliphatic rings. The molecule has 0 saturated carbocycles. The summed E-state index contributed by atoms with van der Waals surface area (Å²) in [4.78, 5) is 15.7. The number of carbonyl (C=O) groups excluding carboxylic acids is 1. The summed E-state index contributed by atoms with van der Waals surface area (Å²) >= 11 is 5.90. The standard InChI is InChI=1S/C11H14ClN3O.2ClH/c12-10-7-14-6-3-9(10)11(16)15-8-1-4-13-5-2-8;;/h3,6-8,13H,1-2,4-5H2,(H,15,16);2*1H. The molecule has 4 nitrogen and oxygen atoms in total. The highest BCUT2D eigenvalue weighted by Gasteiger charge is 2.17. The maximum absolute atomic E-state index is 11.9. The number of aromatic nitrogens is 1. The molecular weight excluding hydrogens is 296 g/mol. The second-order valence-corrected chi connectivity index (χ2v) is 4.26. The summed E-state index contributed by atoms with van der Waals surface area (Å²) in [5, 5.41) is 6.63. The van der Waals surface area contributed by atoms with Crippen LogP contribution in [-0.4, -0.2) is 30.0 Å². The van der Waals surface area contributed by atoms with E-state index in [1.54, 1.807) is 12.3 Å². The molecule has 2 rings (SSSR count). The van der Waals surface area contributed by atoms with Gasteiger partial charge in [0.25, 0.3) is 5.91 Å². The van der Waals surface area contributed by atoms with Crippen LogP contribution in [0.3, 0.4) is 0 Å². The van der Waals surface area contributed by atoms with E-state index in [-0.39, 0.29) is 36.8 Å². The predicted molar refractivity (Wildman–Crippen MR) is 77.1 cm³/mol. The van der Waals surface area contributed by atoms with Gasteiger partial charge in [0.1, 0.15) is 0 Å². The zero-order valence-corrected chi connectivity index (χ0v) is 12.1. The van der Waals surface area contributed by atoms with E-state index in [2.05, 4.69) is 15.6 Å². The highest BCUT2D eigenvalue weighted by molar-refractivity contribution is 6.33. The van der Waals surface area contributed by atoms with Gasteiger partial charge in [-0.25, -0.2) is 0 Å². The summed E-state index contributed by atoms with van der Waals surface area (Å²) < 4.78 is 0. The zero-order valence-electron chi connectivity index (χ0n) is 9.69. The highest BCUT2D eigenvalue weighted by Crippen LogP contribution is 2.14. The number of halogens is 3. The zero-order chi connectivity index (χ0) is 11.4. The van der Waals surface area contributed by atoms with Gasteiger partial charge in [-0.15, -0.1) is 24.8 Å². The number of amides is 1. The lowest BCUT2D eigenvalue weighted by Gasteiger charge is -2.23. The molecule has 2 heterocycles. The number of nitrogens with zero attached hydrogens (tertiary/aromatic N) is 1. The molecule has 7 heteroatoms.